The Kier molecular flexibility index (Phi) is 7.01. The number of methoxy groups -OCH3 is 1. The highest BCUT2D eigenvalue weighted by atomic mass is 16.5. The highest BCUT2D eigenvalue weighted by Gasteiger charge is 2.62. The van der Waals surface area contributed by atoms with Crippen LogP contribution in [0.5, 0.6) is 5.75 Å². The van der Waals surface area contributed by atoms with E-state index < -0.39 is 17.3 Å². The third-order valence-corrected chi connectivity index (χ3v) is 5.94. The van der Waals surface area contributed by atoms with Crippen LogP contribution < -0.4 is 10.1 Å². The largest absolute Gasteiger partial charge is 0.497 e. The maximum Gasteiger partial charge on any atom is 0.318 e. The zero-order chi connectivity index (χ0) is 22.4. The molecule has 1 N–H and O–H groups in total. The van der Waals surface area contributed by atoms with Gasteiger partial charge in [0.2, 0.25) is 11.8 Å². The molecule has 0 saturated carbocycles. The van der Waals surface area contributed by atoms with Crippen molar-refractivity contribution in [1.82, 2.24) is 10.2 Å². The molecule has 3 rings (SSSR count). The molecular weight excluding hydrogens is 396 g/mol. The monoisotopic (exact) mass is 424 g/mol. The number of allylic oxidation sites excluding steroid dienone is 1. The van der Waals surface area contributed by atoms with E-state index in [0.717, 1.165) is 24.2 Å². The highest BCUT2D eigenvalue weighted by molar-refractivity contribution is 5.99. The van der Waals surface area contributed by atoms with E-state index >= 15 is 0 Å². The van der Waals surface area contributed by atoms with Crippen molar-refractivity contribution < 1.29 is 23.9 Å². The second-order valence-electron chi connectivity index (χ2n) is 7.68. The summed E-state index contributed by atoms with van der Waals surface area (Å²) >= 11 is 0. The Balaban J connectivity index is 1.97. The topological polar surface area (TPSA) is 84.9 Å². The number of hydrogen-bond acceptors (Lipinski definition) is 5. The number of nitrogens with one attached hydrogen (secondary N) is 1. The minimum atomic E-state index is -1.15. The lowest BCUT2D eigenvalue weighted by Gasteiger charge is -2.35. The molecule has 2 aliphatic rings. The molecule has 0 unspecified atom stereocenters. The first-order valence-electron chi connectivity index (χ1n) is 10.5. The number of fused-ring (bicyclic) bond motifs is 1. The van der Waals surface area contributed by atoms with E-state index in [-0.39, 0.29) is 31.4 Å². The summed E-state index contributed by atoms with van der Waals surface area (Å²) in [7, 11) is 1.59. The van der Waals surface area contributed by atoms with Crippen molar-refractivity contribution in [3.8, 4) is 18.1 Å². The summed E-state index contributed by atoms with van der Waals surface area (Å²) in [5.41, 5.74) is 0.397. The Morgan fingerprint density at radius 3 is 2.71 bits per heavy atom. The lowest BCUT2D eigenvalue weighted by Crippen LogP contribution is -2.43. The van der Waals surface area contributed by atoms with Crippen LogP contribution in [0.3, 0.4) is 0 Å². The van der Waals surface area contributed by atoms with Gasteiger partial charge in [-0.3, -0.25) is 14.4 Å². The molecule has 0 spiro atoms. The molecule has 31 heavy (non-hydrogen) atoms. The minimum absolute atomic E-state index is 0.0738. The maximum atomic E-state index is 13.6. The van der Waals surface area contributed by atoms with Gasteiger partial charge in [-0.25, -0.2) is 0 Å². The van der Waals surface area contributed by atoms with Gasteiger partial charge in [0.1, 0.15) is 11.2 Å². The Morgan fingerprint density at radius 1 is 1.32 bits per heavy atom. The van der Waals surface area contributed by atoms with Crippen LogP contribution >= 0.6 is 0 Å². The number of hydrogen-bond donors (Lipinski definition) is 1. The summed E-state index contributed by atoms with van der Waals surface area (Å²) in [6.07, 6.45) is 9.03. The summed E-state index contributed by atoms with van der Waals surface area (Å²) in [5, 5.41) is 2.61. The lowest BCUT2D eigenvalue weighted by molar-refractivity contribution is -0.158. The molecule has 1 aliphatic carbocycles. The Morgan fingerprint density at radius 2 is 2.06 bits per heavy atom. The smallest absolute Gasteiger partial charge is 0.318 e. The number of ether oxygens (including phenoxy) is 2. The van der Waals surface area contributed by atoms with Gasteiger partial charge in [-0.1, -0.05) is 24.1 Å². The van der Waals surface area contributed by atoms with Crippen LogP contribution in [0.4, 0.5) is 0 Å². The summed E-state index contributed by atoms with van der Waals surface area (Å²) in [6.45, 7) is 2.32. The number of likely N-dealkylation sites (tertiary alicyclic amines) is 1. The molecular formula is C24H28N2O5. The van der Waals surface area contributed by atoms with E-state index in [4.69, 9.17) is 15.9 Å². The number of esters is 1. The minimum Gasteiger partial charge on any atom is -0.497 e. The summed E-state index contributed by atoms with van der Waals surface area (Å²) in [6, 6.07) is 7.42. The molecule has 1 heterocycles. The molecule has 0 radical (unpaired) electrons. The van der Waals surface area contributed by atoms with Gasteiger partial charge in [-0.2, -0.15) is 0 Å². The van der Waals surface area contributed by atoms with E-state index in [2.05, 4.69) is 11.2 Å². The maximum absolute atomic E-state index is 13.6. The summed E-state index contributed by atoms with van der Waals surface area (Å²) in [4.78, 5) is 40.9. The molecule has 1 fully saturated rings. The first kappa shape index (κ1) is 22.4. The van der Waals surface area contributed by atoms with Crippen LogP contribution in [0.15, 0.2) is 36.0 Å². The fraction of sp³-hybridized carbons (Fsp3) is 0.458. The zero-order valence-corrected chi connectivity index (χ0v) is 18.0. The van der Waals surface area contributed by atoms with Gasteiger partial charge in [-0.15, -0.1) is 6.42 Å². The van der Waals surface area contributed by atoms with Crippen LogP contribution in [0, 0.1) is 23.7 Å². The lowest BCUT2D eigenvalue weighted by atomic mass is 9.68. The van der Waals surface area contributed by atoms with Crippen LogP contribution in [-0.2, 0) is 25.7 Å². The molecule has 0 bridgehead atoms. The average molecular weight is 424 g/mol. The Bertz CT molecular complexity index is 915. The van der Waals surface area contributed by atoms with Crippen molar-refractivity contribution in [3.05, 3.63) is 41.6 Å². The third kappa shape index (κ3) is 4.29. The fourth-order valence-corrected chi connectivity index (χ4v) is 4.51. The molecule has 1 aliphatic heterocycles. The van der Waals surface area contributed by atoms with Gasteiger partial charge >= 0.3 is 5.97 Å². The predicted octanol–water partition coefficient (Wildman–Crippen LogP) is 2.41. The van der Waals surface area contributed by atoms with E-state index in [1.54, 1.807) is 18.9 Å². The van der Waals surface area contributed by atoms with Crippen molar-refractivity contribution in [1.29, 1.82) is 0 Å². The molecule has 164 valence electrons. The zero-order valence-electron chi connectivity index (χ0n) is 18.0. The van der Waals surface area contributed by atoms with Crippen LogP contribution in [0.1, 0.15) is 38.2 Å². The van der Waals surface area contributed by atoms with Gasteiger partial charge in [-0.05, 0) is 43.9 Å². The molecule has 1 aromatic carbocycles. The van der Waals surface area contributed by atoms with E-state index in [1.165, 1.54) is 0 Å². The first-order valence-corrected chi connectivity index (χ1v) is 10.5. The van der Waals surface area contributed by atoms with Crippen molar-refractivity contribution in [2.24, 2.45) is 11.3 Å². The normalized spacial score (nSPS) is 22.2. The van der Waals surface area contributed by atoms with Crippen molar-refractivity contribution in [2.45, 2.75) is 39.2 Å². The summed E-state index contributed by atoms with van der Waals surface area (Å²) < 4.78 is 10.6. The number of carbonyl (C=O) groups excluding carboxylic acids is 3. The third-order valence-electron chi connectivity index (χ3n) is 5.94. The van der Waals surface area contributed by atoms with E-state index in [9.17, 15) is 14.4 Å². The van der Waals surface area contributed by atoms with Crippen LogP contribution in [0.2, 0.25) is 0 Å². The van der Waals surface area contributed by atoms with Gasteiger partial charge < -0.3 is 19.7 Å². The van der Waals surface area contributed by atoms with Gasteiger partial charge in [0.15, 0.2) is 0 Å². The van der Waals surface area contributed by atoms with Crippen molar-refractivity contribution >= 4 is 17.8 Å². The van der Waals surface area contributed by atoms with E-state index in [1.807, 2.05) is 30.3 Å². The highest BCUT2D eigenvalue weighted by Crippen LogP contribution is 2.54. The average Bonchev–Trinajstić information content (AvgIpc) is 3.02. The van der Waals surface area contributed by atoms with Gasteiger partial charge in [0.25, 0.3) is 0 Å². The van der Waals surface area contributed by atoms with Gasteiger partial charge in [0, 0.05) is 12.1 Å². The number of terminal acetylenes is 1. The number of carbonyl (C=O) groups is 3. The first-order chi connectivity index (χ1) is 15.0. The number of nitrogens with zero attached hydrogens (tertiary/aromatic N) is 1. The Hall–Kier alpha value is -3.27. The van der Waals surface area contributed by atoms with E-state index in [0.29, 0.717) is 18.7 Å². The second kappa shape index (κ2) is 9.69. The van der Waals surface area contributed by atoms with Crippen LogP contribution in [0.25, 0.3) is 0 Å². The predicted molar refractivity (Wildman–Crippen MR) is 114 cm³/mol. The quantitative estimate of drug-likeness (QED) is 0.512. The molecule has 7 heteroatoms. The van der Waals surface area contributed by atoms with Gasteiger partial charge in [0.05, 0.1) is 32.7 Å². The van der Waals surface area contributed by atoms with Crippen molar-refractivity contribution in [3.63, 3.8) is 0 Å². The molecule has 1 saturated heterocycles. The fourth-order valence-electron chi connectivity index (χ4n) is 4.51. The number of rotatable bonds is 8. The standard InChI is InChI=1S/C24H28N2O5/c1-4-14-25-21(27)15-19-22(28)26(16-17-9-11-18(30-3)12-10-17)20-8-6-7-13-24(19,20)23(29)31-5-2/h1,8-12,19H,5-7,13-16H2,2-3H3,(H,25,27)/t19-,24-/m0/s1. The summed E-state index contributed by atoms with van der Waals surface area (Å²) in [5.74, 6) is 1.21. The molecule has 2 atom stereocenters. The number of amides is 2. The van der Waals surface area contributed by atoms with Crippen LogP contribution in [-0.4, -0.2) is 42.9 Å². The molecule has 0 aromatic heterocycles. The van der Waals surface area contributed by atoms with Crippen molar-refractivity contribution in [2.75, 3.05) is 20.3 Å². The molecule has 2 amide bonds. The Labute approximate surface area is 182 Å². The second-order valence-corrected chi connectivity index (χ2v) is 7.68. The SMILES string of the molecule is C#CCNC(=O)C[C@H]1C(=O)N(Cc2ccc(OC)cc2)C2=CCCC[C@@]21C(=O)OCC. The molecule has 7 nitrogen and oxygen atoms in total. The number of benzene rings is 1. The molecule has 1 aromatic rings.